The van der Waals surface area contributed by atoms with Gasteiger partial charge in [0.1, 0.15) is 17.3 Å². The second kappa shape index (κ2) is 10.0. The van der Waals surface area contributed by atoms with Crippen LogP contribution in [-0.2, 0) is 10.0 Å². The van der Waals surface area contributed by atoms with E-state index >= 15 is 0 Å². The van der Waals surface area contributed by atoms with Crippen molar-refractivity contribution in [2.24, 2.45) is 0 Å². The summed E-state index contributed by atoms with van der Waals surface area (Å²) in [7, 11) is -3.98. The molecule has 0 aliphatic rings. The summed E-state index contributed by atoms with van der Waals surface area (Å²) in [5.41, 5.74) is 1.37. The van der Waals surface area contributed by atoms with Crippen LogP contribution in [0, 0.1) is 6.92 Å². The van der Waals surface area contributed by atoms with Crippen molar-refractivity contribution in [3.05, 3.63) is 87.9 Å². The minimum Gasteiger partial charge on any atom is -0.492 e. The maximum atomic E-state index is 12.8. The molecule has 0 aliphatic heterocycles. The molecule has 3 aromatic carbocycles. The zero-order valence-electron chi connectivity index (χ0n) is 16.6. The third-order valence-corrected chi connectivity index (χ3v) is 6.44. The van der Waals surface area contributed by atoms with Crippen molar-refractivity contribution in [1.29, 1.82) is 0 Å². The largest absolute Gasteiger partial charge is 0.492 e. The van der Waals surface area contributed by atoms with Gasteiger partial charge in [0.2, 0.25) is 0 Å². The molecule has 6 nitrogen and oxygen atoms in total. The zero-order valence-corrected chi connectivity index (χ0v) is 18.9. The smallest absolute Gasteiger partial charge is 0.263 e. The predicted octanol–water partition coefficient (Wildman–Crippen LogP) is 4.91. The van der Waals surface area contributed by atoms with Gasteiger partial charge >= 0.3 is 0 Å². The Balaban J connectivity index is 1.66. The predicted molar refractivity (Wildman–Crippen MR) is 123 cm³/mol. The van der Waals surface area contributed by atoms with E-state index in [-0.39, 0.29) is 28.6 Å². The van der Waals surface area contributed by atoms with Crippen LogP contribution < -0.4 is 14.8 Å². The molecule has 9 heteroatoms. The highest BCUT2D eigenvalue weighted by Gasteiger charge is 2.21. The highest BCUT2D eigenvalue weighted by molar-refractivity contribution is 7.92. The molecule has 0 aromatic heterocycles. The lowest BCUT2D eigenvalue weighted by molar-refractivity contribution is 0.0947. The summed E-state index contributed by atoms with van der Waals surface area (Å²) in [4.78, 5) is 12.3. The van der Waals surface area contributed by atoms with E-state index in [4.69, 9.17) is 27.9 Å². The Hall–Kier alpha value is -2.74. The maximum absolute atomic E-state index is 12.8. The summed E-state index contributed by atoms with van der Waals surface area (Å²) in [6.07, 6.45) is 0. The first-order valence-corrected chi connectivity index (χ1v) is 11.5. The molecule has 0 spiro atoms. The highest BCUT2D eigenvalue weighted by Crippen LogP contribution is 2.26. The van der Waals surface area contributed by atoms with E-state index < -0.39 is 15.9 Å². The van der Waals surface area contributed by atoms with Crippen LogP contribution in [0.25, 0.3) is 0 Å². The second-order valence-electron chi connectivity index (χ2n) is 6.62. The van der Waals surface area contributed by atoms with Crippen molar-refractivity contribution in [2.75, 3.05) is 17.9 Å². The number of carbonyl (C=O) groups excluding carboxylic acids is 1. The Kier molecular flexibility index (Phi) is 7.43. The molecule has 0 saturated heterocycles. The van der Waals surface area contributed by atoms with Crippen molar-refractivity contribution in [1.82, 2.24) is 5.32 Å². The summed E-state index contributed by atoms with van der Waals surface area (Å²) < 4.78 is 33.7. The number of rotatable bonds is 8. The molecule has 0 radical (unpaired) electrons. The molecule has 0 unspecified atom stereocenters. The van der Waals surface area contributed by atoms with Gasteiger partial charge in [0, 0.05) is 10.6 Å². The van der Waals surface area contributed by atoms with Crippen LogP contribution in [0.1, 0.15) is 15.9 Å². The molecule has 0 saturated carbocycles. The third kappa shape index (κ3) is 6.13. The Labute approximate surface area is 191 Å². The lowest BCUT2D eigenvalue weighted by Crippen LogP contribution is -2.28. The van der Waals surface area contributed by atoms with E-state index in [0.29, 0.717) is 16.5 Å². The van der Waals surface area contributed by atoms with Crippen LogP contribution in [0.15, 0.2) is 71.6 Å². The number of para-hydroxylation sites is 1. The fourth-order valence-electron chi connectivity index (χ4n) is 2.70. The molecule has 0 fully saturated rings. The molecular formula is C22H20Cl2N2O4S. The molecule has 0 aliphatic carbocycles. The summed E-state index contributed by atoms with van der Waals surface area (Å²) in [5.74, 6) is 0.185. The fourth-order valence-corrected chi connectivity index (χ4v) is 4.49. The zero-order chi connectivity index (χ0) is 22.4. The Morgan fingerprint density at radius 1 is 1.00 bits per heavy atom. The molecule has 162 valence electrons. The summed E-state index contributed by atoms with van der Waals surface area (Å²) >= 11 is 11.9. The maximum Gasteiger partial charge on any atom is 0.263 e. The molecule has 31 heavy (non-hydrogen) atoms. The lowest BCUT2D eigenvalue weighted by atomic mass is 10.2. The topological polar surface area (TPSA) is 84.5 Å². The molecule has 0 heterocycles. The van der Waals surface area contributed by atoms with E-state index in [2.05, 4.69) is 10.0 Å². The fraction of sp³-hybridized carbons (Fsp3) is 0.136. The number of benzene rings is 3. The standard InChI is InChI=1S/C22H20Cl2N2O4S/c1-15-4-2-3-5-20(15)26-31(28,29)21-14-16(6-11-19(21)24)22(27)25-12-13-30-18-9-7-17(23)8-10-18/h2-11,14,26H,12-13H2,1H3,(H,25,27). The monoisotopic (exact) mass is 478 g/mol. The number of anilines is 1. The van der Waals surface area contributed by atoms with Crippen LogP contribution in [0.4, 0.5) is 5.69 Å². The van der Waals surface area contributed by atoms with E-state index in [1.807, 2.05) is 6.07 Å². The van der Waals surface area contributed by atoms with Crippen molar-refractivity contribution in [2.45, 2.75) is 11.8 Å². The number of carbonyl (C=O) groups is 1. The number of sulfonamides is 1. The highest BCUT2D eigenvalue weighted by atomic mass is 35.5. The Morgan fingerprint density at radius 3 is 2.42 bits per heavy atom. The van der Waals surface area contributed by atoms with Gasteiger partial charge in [-0.25, -0.2) is 8.42 Å². The summed E-state index contributed by atoms with van der Waals surface area (Å²) in [5, 5.41) is 3.31. The van der Waals surface area contributed by atoms with Gasteiger partial charge in [0.05, 0.1) is 17.3 Å². The molecule has 1 amide bonds. The third-order valence-electron chi connectivity index (χ3n) is 4.34. The molecule has 0 atom stereocenters. The van der Waals surface area contributed by atoms with Crippen LogP contribution in [-0.4, -0.2) is 27.5 Å². The van der Waals surface area contributed by atoms with Gasteiger partial charge in [-0.15, -0.1) is 0 Å². The van der Waals surface area contributed by atoms with Crippen LogP contribution in [0.3, 0.4) is 0 Å². The van der Waals surface area contributed by atoms with Gasteiger partial charge < -0.3 is 10.1 Å². The van der Waals surface area contributed by atoms with Crippen molar-refractivity contribution >= 4 is 44.8 Å². The molecule has 0 bridgehead atoms. The van der Waals surface area contributed by atoms with Gasteiger partial charge in [-0.2, -0.15) is 0 Å². The molecule has 3 rings (SSSR count). The average Bonchev–Trinajstić information content (AvgIpc) is 2.74. The van der Waals surface area contributed by atoms with Crippen LogP contribution in [0.5, 0.6) is 5.75 Å². The minimum absolute atomic E-state index is 0.0173. The number of halogens is 2. The van der Waals surface area contributed by atoms with E-state index in [1.165, 1.54) is 18.2 Å². The Morgan fingerprint density at radius 2 is 1.71 bits per heavy atom. The number of hydrogen-bond acceptors (Lipinski definition) is 4. The quantitative estimate of drug-likeness (QED) is 0.450. The Bertz CT molecular complexity index is 1180. The van der Waals surface area contributed by atoms with Crippen LogP contribution in [0.2, 0.25) is 10.0 Å². The molecule has 3 aromatic rings. The summed E-state index contributed by atoms with van der Waals surface area (Å²) in [6.45, 7) is 2.25. The average molecular weight is 479 g/mol. The first-order valence-electron chi connectivity index (χ1n) is 9.31. The van der Waals surface area contributed by atoms with E-state index in [9.17, 15) is 13.2 Å². The van der Waals surface area contributed by atoms with Gasteiger partial charge in [-0.3, -0.25) is 9.52 Å². The number of hydrogen-bond donors (Lipinski definition) is 2. The first-order chi connectivity index (χ1) is 14.8. The van der Waals surface area contributed by atoms with Crippen molar-refractivity contribution in [3.8, 4) is 5.75 Å². The number of nitrogens with one attached hydrogen (secondary N) is 2. The van der Waals surface area contributed by atoms with Crippen molar-refractivity contribution < 1.29 is 17.9 Å². The minimum atomic E-state index is -3.98. The van der Waals surface area contributed by atoms with Crippen molar-refractivity contribution in [3.63, 3.8) is 0 Å². The number of aryl methyl sites for hydroxylation is 1. The second-order valence-corrected chi connectivity index (χ2v) is 9.12. The number of ether oxygens (including phenoxy) is 1. The first kappa shape index (κ1) is 22.9. The van der Waals surface area contributed by atoms with Gasteiger partial charge in [-0.1, -0.05) is 41.4 Å². The van der Waals surface area contributed by atoms with Gasteiger partial charge in [0.25, 0.3) is 15.9 Å². The lowest BCUT2D eigenvalue weighted by Gasteiger charge is -2.13. The SMILES string of the molecule is Cc1ccccc1NS(=O)(=O)c1cc(C(=O)NCCOc2ccc(Cl)cc2)ccc1Cl. The normalized spacial score (nSPS) is 11.1. The van der Waals surface area contributed by atoms with Gasteiger partial charge in [0.15, 0.2) is 0 Å². The molecular weight excluding hydrogens is 459 g/mol. The van der Waals surface area contributed by atoms with E-state index in [0.717, 1.165) is 5.56 Å². The number of amides is 1. The molecule has 2 N–H and O–H groups in total. The summed E-state index contributed by atoms with van der Waals surface area (Å²) in [6, 6.07) is 17.9. The van der Waals surface area contributed by atoms with E-state index in [1.54, 1.807) is 49.4 Å². The van der Waals surface area contributed by atoms with Gasteiger partial charge in [-0.05, 0) is 61.0 Å². The van der Waals surface area contributed by atoms with Crippen LogP contribution >= 0.6 is 23.2 Å².